The summed E-state index contributed by atoms with van der Waals surface area (Å²) in [4.78, 5) is 11.2. The molecule has 2 rings (SSSR count). The third kappa shape index (κ3) is 1.63. The summed E-state index contributed by atoms with van der Waals surface area (Å²) < 4.78 is 0. The number of hydrogen-bond donors (Lipinski definition) is 2. The minimum absolute atomic E-state index is 0.145. The lowest BCUT2D eigenvalue weighted by atomic mass is 9.36. The highest BCUT2D eigenvalue weighted by molar-refractivity contribution is 5.68. The molecule has 2 fully saturated rings. The summed E-state index contributed by atoms with van der Waals surface area (Å²) in [6.45, 7) is 9.78. The number of fused-ring (bicyclic) bond motifs is 1. The van der Waals surface area contributed by atoms with Crippen molar-refractivity contribution < 1.29 is 9.90 Å². The second-order valence-corrected chi connectivity index (χ2v) is 7.23. The predicted molar refractivity (Wildman–Crippen MR) is 72.1 cm³/mol. The van der Waals surface area contributed by atoms with Gasteiger partial charge in [-0.2, -0.15) is 0 Å². The molecule has 104 valence electrons. The van der Waals surface area contributed by atoms with E-state index in [0.717, 1.165) is 12.3 Å². The van der Waals surface area contributed by atoms with Crippen LogP contribution in [0.5, 0.6) is 0 Å². The van der Waals surface area contributed by atoms with E-state index in [1.165, 1.54) is 6.42 Å². The van der Waals surface area contributed by atoms with Crippen LogP contribution in [-0.2, 0) is 4.79 Å². The van der Waals surface area contributed by atoms with Gasteiger partial charge < -0.3 is 10.8 Å². The third-order valence-electron chi connectivity index (χ3n) is 6.52. The number of hydrogen-bond acceptors (Lipinski definition) is 2. The van der Waals surface area contributed by atoms with Crippen molar-refractivity contribution in [3.8, 4) is 0 Å². The Bertz CT molecular complexity index is 352. The van der Waals surface area contributed by atoms with E-state index in [0.29, 0.717) is 29.7 Å². The first-order chi connectivity index (χ1) is 8.27. The van der Waals surface area contributed by atoms with Crippen LogP contribution in [0.25, 0.3) is 0 Å². The van der Waals surface area contributed by atoms with Gasteiger partial charge in [-0.05, 0) is 53.9 Å². The number of aliphatic carboxylic acids is 1. The SMILES string of the molecule is C[C@@H]1CC[C@H]2[C@H]([C@@H](C)[C@@]2(CN)CC(=O)O)C1(C)C. The molecule has 2 saturated carbocycles. The van der Waals surface area contributed by atoms with Gasteiger partial charge in [-0.1, -0.05) is 27.7 Å². The molecular weight excluding hydrogens is 226 g/mol. The normalized spacial score (nSPS) is 46.1. The Labute approximate surface area is 110 Å². The first-order valence-electron chi connectivity index (χ1n) is 7.19. The van der Waals surface area contributed by atoms with Gasteiger partial charge in [0.2, 0.25) is 0 Å². The molecule has 0 aromatic carbocycles. The lowest BCUT2D eigenvalue weighted by Crippen LogP contribution is -2.66. The van der Waals surface area contributed by atoms with Crippen molar-refractivity contribution in [3.05, 3.63) is 0 Å². The van der Waals surface area contributed by atoms with Gasteiger partial charge in [0.05, 0.1) is 6.42 Å². The smallest absolute Gasteiger partial charge is 0.303 e. The summed E-state index contributed by atoms with van der Waals surface area (Å²) in [6, 6.07) is 0. The molecule has 0 heterocycles. The molecule has 0 radical (unpaired) electrons. The van der Waals surface area contributed by atoms with Crippen LogP contribution in [0, 0.1) is 34.5 Å². The van der Waals surface area contributed by atoms with E-state index in [-0.39, 0.29) is 11.8 Å². The lowest BCUT2D eigenvalue weighted by molar-refractivity contribution is -0.207. The first-order valence-corrected chi connectivity index (χ1v) is 7.19. The molecule has 3 nitrogen and oxygen atoms in total. The molecule has 0 saturated heterocycles. The summed E-state index contributed by atoms with van der Waals surface area (Å²) in [7, 11) is 0. The molecule has 3 heteroatoms. The molecule has 0 aliphatic heterocycles. The predicted octanol–water partition coefficient (Wildman–Crippen LogP) is 2.74. The van der Waals surface area contributed by atoms with Gasteiger partial charge in [-0.3, -0.25) is 4.79 Å². The van der Waals surface area contributed by atoms with Crippen LogP contribution in [-0.4, -0.2) is 17.6 Å². The quantitative estimate of drug-likeness (QED) is 0.813. The van der Waals surface area contributed by atoms with Crippen molar-refractivity contribution in [2.45, 2.75) is 47.0 Å². The highest BCUT2D eigenvalue weighted by Gasteiger charge is 2.65. The molecule has 18 heavy (non-hydrogen) atoms. The van der Waals surface area contributed by atoms with Crippen LogP contribution in [0.1, 0.15) is 47.0 Å². The second-order valence-electron chi connectivity index (χ2n) is 7.23. The maximum atomic E-state index is 11.2. The molecule has 0 spiro atoms. The van der Waals surface area contributed by atoms with Gasteiger partial charge in [0.25, 0.3) is 0 Å². The van der Waals surface area contributed by atoms with E-state index in [2.05, 4.69) is 27.7 Å². The fourth-order valence-electron chi connectivity index (χ4n) is 5.03. The number of carbonyl (C=O) groups is 1. The van der Waals surface area contributed by atoms with E-state index >= 15 is 0 Å². The minimum Gasteiger partial charge on any atom is -0.481 e. The zero-order valence-corrected chi connectivity index (χ0v) is 12.1. The molecule has 0 aromatic rings. The molecule has 3 N–H and O–H groups in total. The Morgan fingerprint density at radius 3 is 2.44 bits per heavy atom. The number of rotatable bonds is 3. The van der Waals surface area contributed by atoms with Gasteiger partial charge in [-0.15, -0.1) is 0 Å². The fraction of sp³-hybridized carbons (Fsp3) is 0.933. The van der Waals surface area contributed by atoms with Crippen molar-refractivity contribution in [2.24, 2.45) is 40.2 Å². The summed E-state index contributed by atoms with van der Waals surface area (Å²) in [5, 5.41) is 9.18. The zero-order chi connectivity index (χ0) is 13.7. The van der Waals surface area contributed by atoms with E-state index < -0.39 is 5.97 Å². The maximum Gasteiger partial charge on any atom is 0.303 e. The number of carboxylic acid groups (broad SMARTS) is 1. The van der Waals surface area contributed by atoms with Crippen LogP contribution in [0.4, 0.5) is 0 Å². The van der Waals surface area contributed by atoms with Gasteiger partial charge in [0, 0.05) is 0 Å². The van der Waals surface area contributed by atoms with Gasteiger partial charge in [0.15, 0.2) is 0 Å². The average molecular weight is 253 g/mol. The van der Waals surface area contributed by atoms with Crippen molar-refractivity contribution in [1.29, 1.82) is 0 Å². The van der Waals surface area contributed by atoms with Crippen molar-refractivity contribution in [1.82, 2.24) is 0 Å². The molecule has 2 aliphatic carbocycles. The summed E-state index contributed by atoms with van der Waals surface area (Å²) in [5.41, 5.74) is 6.15. The number of carboxylic acids is 1. The molecule has 0 aromatic heterocycles. The van der Waals surface area contributed by atoms with E-state index in [4.69, 9.17) is 5.73 Å². The highest BCUT2D eigenvalue weighted by Crippen LogP contribution is 2.68. The molecular formula is C15H27NO2. The lowest BCUT2D eigenvalue weighted by Gasteiger charge is -2.68. The Kier molecular flexibility index (Phi) is 3.25. The van der Waals surface area contributed by atoms with E-state index in [1.807, 2.05) is 0 Å². The van der Waals surface area contributed by atoms with Crippen LogP contribution >= 0.6 is 0 Å². The Balaban J connectivity index is 2.27. The van der Waals surface area contributed by atoms with Crippen LogP contribution in [0.2, 0.25) is 0 Å². The molecule has 0 amide bonds. The van der Waals surface area contributed by atoms with Crippen LogP contribution in [0.15, 0.2) is 0 Å². The van der Waals surface area contributed by atoms with Crippen molar-refractivity contribution in [3.63, 3.8) is 0 Å². The third-order valence-corrected chi connectivity index (χ3v) is 6.52. The van der Waals surface area contributed by atoms with E-state index in [1.54, 1.807) is 0 Å². The molecule has 0 unspecified atom stereocenters. The topological polar surface area (TPSA) is 63.3 Å². The Morgan fingerprint density at radius 1 is 1.33 bits per heavy atom. The molecule has 5 atom stereocenters. The van der Waals surface area contributed by atoms with Crippen molar-refractivity contribution >= 4 is 5.97 Å². The molecule has 0 bridgehead atoms. The monoisotopic (exact) mass is 253 g/mol. The zero-order valence-electron chi connectivity index (χ0n) is 12.1. The van der Waals surface area contributed by atoms with Gasteiger partial charge >= 0.3 is 5.97 Å². The van der Waals surface area contributed by atoms with Crippen molar-refractivity contribution in [2.75, 3.05) is 6.54 Å². The summed E-state index contributed by atoms with van der Waals surface area (Å²) in [5.74, 6) is 1.62. The standard InChI is InChI=1S/C15H27NO2/c1-9-5-6-11-13(14(9,3)4)10(2)15(11,8-16)7-12(17)18/h9-11,13H,5-8,16H2,1-4H3,(H,17,18)/t9-,10-,11+,13+,15+/m1/s1. The first kappa shape index (κ1) is 13.9. The van der Waals surface area contributed by atoms with Gasteiger partial charge in [0.1, 0.15) is 0 Å². The molecule has 2 aliphatic rings. The van der Waals surface area contributed by atoms with Crippen LogP contribution < -0.4 is 5.73 Å². The Hall–Kier alpha value is -0.570. The largest absolute Gasteiger partial charge is 0.481 e. The summed E-state index contributed by atoms with van der Waals surface area (Å²) in [6.07, 6.45) is 2.61. The Morgan fingerprint density at radius 2 is 1.94 bits per heavy atom. The second kappa shape index (κ2) is 4.22. The van der Waals surface area contributed by atoms with E-state index in [9.17, 15) is 9.90 Å². The number of nitrogens with two attached hydrogens (primary N) is 1. The highest BCUT2D eigenvalue weighted by atomic mass is 16.4. The fourth-order valence-corrected chi connectivity index (χ4v) is 5.03. The minimum atomic E-state index is -0.692. The average Bonchev–Trinajstić information content (AvgIpc) is 2.28. The maximum absolute atomic E-state index is 11.2. The van der Waals surface area contributed by atoms with Crippen LogP contribution in [0.3, 0.4) is 0 Å². The summed E-state index contributed by atoms with van der Waals surface area (Å²) >= 11 is 0. The van der Waals surface area contributed by atoms with Gasteiger partial charge in [-0.25, -0.2) is 0 Å².